The number of nitrogens with one attached hydrogen (secondary N) is 3. The first-order valence-corrected chi connectivity index (χ1v) is 9.19. The van der Waals surface area contributed by atoms with Crippen molar-refractivity contribution in [2.45, 2.75) is 26.1 Å². The fraction of sp³-hybridized carbons (Fsp3) is 0.250. The van der Waals surface area contributed by atoms with Crippen molar-refractivity contribution in [1.82, 2.24) is 10.3 Å². The zero-order valence-corrected chi connectivity index (χ0v) is 15.1. The van der Waals surface area contributed by atoms with Crippen LogP contribution in [0.15, 0.2) is 42.7 Å². The lowest BCUT2D eigenvalue weighted by atomic mass is 10.2. The first-order valence-electron chi connectivity index (χ1n) is 7.70. The van der Waals surface area contributed by atoms with Gasteiger partial charge in [-0.05, 0) is 38.1 Å². The average molecular weight is 402 g/mol. The number of hydrogen-bond donors (Lipinski definition) is 3. The lowest BCUT2D eigenvalue weighted by Crippen LogP contribution is -2.37. The van der Waals surface area contributed by atoms with Gasteiger partial charge >= 0.3 is 21.4 Å². The Kier molecular flexibility index (Phi) is 5.94. The van der Waals surface area contributed by atoms with Crippen LogP contribution in [0.5, 0.6) is 0 Å². The zero-order valence-electron chi connectivity index (χ0n) is 14.3. The van der Waals surface area contributed by atoms with Gasteiger partial charge in [-0.25, -0.2) is 0 Å². The third-order valence-corrected chi connectivity index (χ3v) is 4.28. The third kappa shape index (κ3) is 5.58. The summed E-state index contributed by atoms with van der Waals surface area (Å²) in [6, 6.07) is 5.36. The van der Waals surface area contributed by atoms with E-state index >= 15 is 0 Å². The fourth-order valence-electron chi connectivity index (χ4n) is 2.02. The second-order valence-electron chi connectivity index (χ2n) is 5.82. The molecule has 0 unspecified atom stereocenters. The molecule has 0 saturated heterocycles. The SMILES string of the molecule is CC(C)NC(=O)S(=O)(=O)Nc1cnccc1Nc1cccc(C(F)(F)F)c1. The van der Waals surface area contributed by atoms with Crippen molar-refractivity contribution in [2.24, 2.45) is 0 Å². The predicted molar refractivity (Wildman–Crippen MR) is 95.2 cm³/mol. The van der Waals surface area contributed by atoms with E-state index in [-0.39, 0.29) is 17.1 Å². The number of amides is 1. The average Bonchev–Trinajstić information content (AvgIpc) is 2.55. The summed E-state index contributed by atoms with van der Waals surface area (Å²) >= 11 is 0. The number of carbonyl (C=O) groups excluding carboxylic acids is 1. The number of halogens is 3. The Morgan fingerprint density at radius 3 is 2.48 bits per heavy atom. The lowest BCUT2D eigenvalue weighted by molar-refractivity contribution is -0.137. The molecule has 1 amide bonds. The molecule has 0 aliphatic carbocycles. The fourth-order valence-corrected chi connectivity index (χ4v) is 2.95. The molecular weight excluding hydrogens is 385 g/mol. The number of anilines is 3. The van der Waals surface area contributed by atoms with E-state index in [9.17, 15) is 26.4 Å². The Hall–Kier alpha value is -2.82. The van der Waals surface area contributed by atoms with Crippen LogP contribution in [-0.2, 0) is 16.2 Å². The van der Waals surface area contributed by atoms with Gasteiger partial charge in [0.05, 0.1) is 23.1 Å². The highest BCUT2D eigenvalue weighted by molar-refractivity contribution is 8.07. The monoisotopic (exact) mass is 402 g/mol. The number of rotatable bonds is 5. The molecule has 11 heteroatoms. The van der Waals surface area contributed by atoms with Gasteiger partial charge in [0.15, 0.2) is 0 Å². The molecule has 27 heavy (non-hydrogen) atoms. The minimum Gasteiger partial charge on any atom is -0.354 e. The van der Waals surface area contributed by atoms with Crippen LogP contribution in [-0.4, -0.2) is 24.7 Å². The maximum absolute atomic E-state index is 12.8. The first kappa shape index (κ1) is 20.5. The van der Waals surface area contributed by atoms with E-state index in [0.29, 0.717) is 0 Å². The van der Waals surface area contributed by atoms with Crippen LogP contribution in [0.25, 0.3) is 0 Å². The van der Waals surface area contributed by atoms with Crippen molar-refractivity contribution in [1.29, 1.82) is 0 Å². The van der Waals surface area contributed by atoms with Crippen LogP contribution >= 0.6 is 0 Å². The molecule has 146 valence electrons. The Labute approximate surface area is 154 Å². The van der Waals surface area contributed by atoms with E-state index in [1.165, 1.54) is 24.4 Å². The van der Waals surface area contributed by atoms with Gasteiger partial charge in [0.25, 0.3) is 0 Å². The standard InChI is InChI=1S/C16H17F3N4O3S/c1-10(2)21-15(24)27(25,26)23-14-9-20-7-6-13(14)22-12-5-3-4-11(8-12)16(17,18)19/h3-10,23H,1-2H3,(H,20,22)(H,21,24). The van der Waals surface area contributed by atoms with Crippen molar-refractivity contribution in [3.8, 4) is 0 Å². The molecule has 1 aromatic carbocycles. The molecule has 0 aliphatic heterocycles. The second-order valence-corrected chi connectivity index (χ2v) is 7.40. The molecule has 3 N–H and O–H groups in total. The number of hydrogen-bond acceptors (Lipinski definition) is 5. The van der Waals surface area contributed by atoms with Gasteiger partial charge in [0.2, 0.25) is 0 Å². The highest BCUT2D eigenvalue weighted by Gasteiger charge is 2.30. The third-order valence-electron chi connectivity index (χ3n) is 3.18. The van der Waals surface area contributed by atoms with Gasteiger partial charge < -0.3 is 10.6 Å². The minimum absolute atomic E-state index is 0.0862. The van der Waals surface area contributed by atoms with E-state index < -0.39 is 33.0 Å². The molecule has 1 heterocycles. The minimum atomic E-state index is -4.52. The summed E-state index contributed by atoms with van der Waals surface area (Å²) in [5.41, 5.74) is -0.734. The smallest absolute Gasteiger partial charge is 0.354 e. The van der Waals surface area contributed by atoms with E-state index in [2.05, 4.69) is 20.3 Å². The maximum atomic E-state index is 12.8. The van der Waals surface area contributed by atoms with Gasteiger partial charge in [-0.15, -0.1) is 0 Å². The molecule has 0 fully saturated rings. The summed E-state index contributed by atoms with van der Waals surface area (Å²) in [4.78, 5) is 15.5. The number of carbonyl (C=O) groups is 1. The van der Waals surface area contributed by atoms with Gasteiger partial charge in [0, 0.05) is 17.9 Å². The first-order chi connectivity index (χ1) is 12.5. The molecule has 0 bridgehead atoms. The number of sulfonamides is 1. The molecule has 2 aromatic rings. The van der Waals surface area contributed by atoms with Crippen LogP contribution in [0, 0.1) is 0 Å². The molecule has 2 rings (SSSR count). The molecule has 0 radical (unpaired) electrons. The normalized spacial score (nSPS) is 11.9. The lowest BCUT2D eigenvalue weighted by Gasteiger charge is -2.15. The molecule has 0 saturated carbocycles. The number of nitrogens with zero attached hydrogens (tertiary/aromatic N) is 1. The van der Waals surface area contributed by atoms with Crippen molar-refractivity contribution in [3.05, 3.63) is 48.3 Å². The van der Waals surface area contributed by atoms with E-state index in [4.69, 9.17) is 0 Å². The summed E-state index contributed by atoms with van der Waals surface area (Å²) < 4.78 is 64.7. The maximum Gasteiger partial charge on any atom is 0.416 e. The summed E-state index contributed by atoms with van der Waals surface area (Å²) in [7, 11) is -4.41. The second kappa shape index (κ2) is 7.82. The van der Waals surface area contributed by atoms with Crippen LogP contribution in [0.3, 0.4) is 0 Å². The molecule has 7 nitrogen and oxygen atoms in total. The van der Waals surface area contributed by atoms with Crippen molar-refractivity contribution >= 4 is 32.3 Å². The molecule has 1 aromatic heterocycles. The Balaban J connectivity index is 2.28. The largest absolute Gasteiger partial charge is 0.416 e. The molecule has 0 atom stereocenters. The summed E-state index contributed by atoms with van der Waals surface area (Å²) in [5.74, 6) is 0. The molecule has 0 aliphatic rings. The van der Waals surface area contributed by atoms with E-state index in [0.717, 1.165) is 18.3 Å². The number of pyridine rings is 1. The van der Waals surface area contributed by atoms with Crippen LogP contribution in [0.1, 0.15) is 19.4 Å². The van der Waals surface area contributed by atoms with E-state index in [1.807, 2.05) is 0 Å². The number of alkyl halides is 3. The quantitative estimate of drug-likeness (QED) is 0.708. The zero-order chi connectivity index (χ0) is 20.2. The Morgan fingerprint density at radius 2 is 1.85 bits per heavy atom. The van der Waals surface area contributed by atoms with E-state index in [1.54, 1.807) is 13.8 Å². The summed E-state index contributed by atoms with van der Waals surface area (Å²) in [6.45, 7) is 3.19. The summed E-state index contributed by atoms with van der Waals surface area (Å²) in [5, 5.41) is 3.70. The Bertz CT molecular complexity index is 931. The van der Waals surface area contributed by atoms with Crippen molar-refractivity contribution < 1.29 is 26.4 Å². The molecular formula is C16H17F3N4O3S. The highest BCUT2D eigenvalue weighted by Crippen LogP contribution is 2.32. The van der Waals surface area contributed by atoms with Crippen LogP contribution in [0.2, 0.25) is 0 Å². The van der Waals surface area contributed by atoms with Crippen LogP contribution in [0.4, 0.5) is 35.0 Å². The van der Waals surface area contributed by atoms with Crippen molar-refractivity contribution in [3.63, 3.8) is 0 Å². The van der Waals surface area contributed by atoms with Gasteiger partial charge in [-0.3, -0.25) is 14.5 Å². The Morgan fingerprint density at radius 1 is 1.15 bits per heavy atom. The predicted octanol–water partition coefficient (Wildman–Crippen LogP) is 3.70. The van der Waals surface area contributed by atoms with Crippen molar-refractivity contribution in [2.75, 3.05) is 10.0 Å². The number of benzene rings is 1. The van der Waals surface area contributed by atoms with Gasteiger partial charge in [0.1, 0.15) is 0 Å². The van der Waals surface area contributed by atoms with Crippen LogP contribution < -0.4 is 15.4 Å². The van der Waals surface area contributed by atoms with Gasteiger partial charge in [-0.1, -0.05) is 6.07 Å². The summed E-state index contributed by atoms with van der Waals surface area (Å²) in [6.07, 6.45) is -2.06. The van der Waals surface area contributed by atoms with Gasteiger partial charge in [-0.2, -0.15) is 21.6 Å². The number of aromatic nitrogens is 1. The highest BCUT2D eigenvalue weighted by atomic mass is 32.2. The molecule has 0 spiro atoms. The topological polar surface area (TPSA) is 100 Å².